The van der Waals surface area contributed by atoms with Crippen LogP contribution >= 0.6 is 15.9 Å². The number of pyridine rings is 4. The Kier molecular flexibility index (Phi) is 18.2. The Bertz CT molecular complexity index is 5330. The Labute approximate surface area is 604 Å². The highest BCUT2D eigenvalue weighted by atomic mass is 79.9. The Morgan fingerprint density at radius 1 is 0.243 bits per heavy atom. The zero-order valence-corrected chi connectivity index (χ0v) is 57.5. The molecule has 103 heavy (non-hydrogen) atoms. The maximum Gasteiger partial charge on any atom is 0.130 e. The number of benzene rings is 9. The van der Waals surface area contributed by atoms with Crippen molar-refractivity contribution in [3.63, 3.8) is 0 Å². The second kappa shape index (κ2) is 29.0. The molecule has 0 atom stereocenters. The largest absolute Gasteiger partial charge is 0.399 e. The maximum absolute atomic E-state index is 5.90. The van der Waals surface area contributed by atoms with Crippen molar-refractivity contribution in [3.8, 4) is 0 Å². The highest BCUT2D eigenvalue weighted by molar-refractivity contribution is 9.10. The fourth-order valence-corrected chi connectivity index (χ4v) is 13.3. The first-order valence-electron chi connectivity index (χ1n) is 34.0. The Hall–Kier alpha value is -13.1. The second-order valence-electron chi connectivity index (χ2n) is 25.5. The molecule has 17 heteroatoms. The molecule has 4 aromatic heterocycles. The number of nitrogens with zero attached hydrogens (tertiary/aromatic N) is 10. The van der Waals surface area contributed by atoms with Gasteiger partial charge in [-0.2, -0.15) is 0 Å². The van der Waals surface area contributed by atoms with Gasteiger partial charge in [-0.3, -0.25) is 30.0 Å². The van der Waals surface area contributed by atoms with Crippen molar-refractivity contribution < 1.29 is 0 Å². The van der Waals surface area contributed by atoms with Gasteiger partial charge in [-0.05, 0) is 204 Å². The number of hydrogen-bond acceptors (Lipinski definition) is 16. The van der Waals surface area contributed by atoms with Gasteiger partial charge in [0.25, 0.3) is 0 Å². The Morgan fingerprint density at radius 2 is 0.476 bits per heavy atom. The zero-order valence-electron chi connectivity index (χ0n) is 55.9. The number of nitrogen functional groups attached to an aromatic ring is 3. The number of nitrogens with one attached hydrogen (secondary N) is 3. The summed E-state index contributed by atoms with van der Waals surface area (Å²) in [5, 5.41) is 10.0. The molecule has 0 saturated carbocycles. The number of aromatic nitrogens is 4. The van der Waals surface area contributed by atoms with E-state index in [4.69, 9.17) is 47.2 Å². The van der Waals surface area contributed by atoms with Crippen LogP contribution in [0.15, 0.2) is 314 Å². The summed E-state index contributed by atoms with van der Waals surface area (Å²) in [5.74, 6) is 2.47. The second-order valence-corrected chi connectivity index (χ2v) is 26.3. The van der Waals surface area contributed by atoms with Crippen LogP contribution in [-0.2, 0) is 38.5 Å². The van der Waals surface area contributed by atoms with Gasteiger partial charge in [-0.25, -0.2) is 19.9 Å². The van der Waals surface area contributed by atoms with E-state index in [1.807, 2.05) is 109 Å². The average Bonchev–Trinajstić information content (AvgIpc) is 1.69. The molecular formula is C86H67BrN16. The van der Waals surface area contributed by atoms with Crippen molar-refractivity contribution >= 4 is 136 Å². The molecular weight excluding hydrogens is 1340 g/mol. The monoisotopic (exact) mass is 1400 g/mol. The number of hydrogen-bond donors (Lipinski definition) is 6. The third-order valence-electron chi connectivity index (χ3n) is 18.4. The summed E-state index contributed by atoms with van der Waals surface area (Å²) in [6.07, 6.45) is 12.1. The molecule has 6 aliphatic heterocycles. The Morgan fingerprint density at radius 3 is 0.689 bits per heavy atom. The summed E-state index contributed by atoms with van der Waals surface area (Å²) in [4.78, 5) is 46.0. The molecule has 6 aliphatic rings. The third kappa shape index (κ3) is 15.1. The van der Waals surface area contributed by atoms with Crippen molar-refractivity contribution in [2.45, 2.75) is 38.5 Å². The minimum absolute atomic E-state index is 0.751. The van der Waals surface area contributed by atoms with Crippen LogP contribution in [0, 0.1) is 0 Å². The first kappa shape index (κ1) is 64.5. The van der Waals surface area contributed by atoms with Gasteiger partial charge in [0.2, 0.25) is 0 Å². The van der Waals surface area contributed by atoms with Gasteiger partial charge in [0.1, 0.15) is 22.1 Å². The van der Waals surface area contributed by atoms with Gasteiger partial charge < -0.3 is 33.2 Å². The van der Waals surface area contributed by atoms with Crippen molar-refractivity contribution in [2.24, 2.45) is 30.0 Å². The molecule has 9 N–H and O–H groups in total. The molecule has 10 heterocycles. The molecule has 9 aromatic carbocycles. The number of aliphatic imine (C=N–C) groups is 6. The van der Waals surface area contributed by atoms with E-state index in [1.165, 1.54) is 33.4 Å². The van der Waals surface area contributed by atoms with Crippen LogP contribution in [-0.4, -0.2) is 54.2 Å². The Balaban J connectivity index is 0.000000115. The average molecular weight is 1400 g/mol. The number of nitrogens with two attached hydrogens (primary N) is 3. The van der Waals surface area contributed by atoms with E-state index in [0.717, 1.165) is 196 Å². The van der Waals surface area contributed by atoms with Gasteiger partial charge in [-0.1, -0.05) is 133 Å². The molecule has 19 rings (SSSR count). The summed E-state index contributed by atoms with van der Waals surface area (Å²) >= 11 is 3.20. The van der Waals surface area contributed by atoms with Crippen LogP contribution in [0.25, 0.3) is 0 Å². The quantitative estimate of drug-likeness (QED) is 0.0499. The molecule has 16 nitrogen and oxygen atoms in total. The van der Waals surface area contributed by atoms with Crippen LogP contribution < -0.4 is 33.2 Å². The highest BCUT2D eigenvalue weighted by Crippen LogP contribution is 2.39. The van der Waals surface area contributed by atoms with E-state index in [0.29, 0.717) is 0 Å². The molecule has 0 spiro atoms. The van der Waals surface area contributed by atoms with E-state index in [2.05, 4.69) is 197 Å². The van der Waals surface area contributed by atoms with Gasteiger partial charge in [0.15, 0.2) is 0 Å². The van der Waals surface area contributed by atoms with Crippen LogP contribution in [0.1, 0.15) is 66.8 Å². The van der Waals surface area contributed by atoms with E-state index < -0.39 is 0 Å². The van der Waals surface area contributed by atoms with Crippen LogP contribution in [0.3, 0.4) is 0 Å². The zero-order chi connectivity index (χ0) is 69.6. The predicted molar refractivity (Wildman–Crippen MR) is 425 cm³/mol. The molecule has 0 aliphatic carbocycles. The highest BCUT2D eigenvalue weighted by Gasteiger charge is 2.24. The maximum atomic E-state index is 5.90. The molecule has 13 aromatic rings. The van der Waals surface area contributed by atoms with Crippen LogP contribution in [0.4, 0.5) is 85.7 Å². The van der Waals surface area contributed by atoms with Crippen molar-refractivity contribution in [1.29, 1.82) is 0 Å². The number of anilines is 9. The lowest BCUT2D eigenvalue weighted by Crippen LogP contribution is -2.03. The van der Waals surface area contributed by atoms with Crippen molar-refractivity contribution in [1.82, 2.24) is 19.9 Å². The summed E-state index contributed by atoms with van der Waals surface area (Å²) in [6.45, 7) is 0. The minimum Gasteiger partial charge on any atom is -0.399 e. The van der Waals surface area contributed by atoms with E-state index in [-0.39, 0.29) is 0 Å². The van der Waals surface area contributed by atoms with E-state index in [9.17, 15) is 0 Å². The smallest absolute Gasteiger partial charge is 0.130 e. The van der Waals surface area contributed by atoms with Gasteiger partial charge in [0.05, 0.1) is 68.4 Å². The lowest BCUT2D eigenvalue weighted by molar-refractivity contribution is 1.28. The fourth-order valence-electron chi connectivity index (χ4n) is 13.0. The predicted octanol–water partition coefficient (Wildman–Crippen LogP) is 19.1. The van der Waals surface area contributed by atoms with Crippen LogP contribution in [0.2, 0.25) is 0 Å². The molecule has 498 valence electrons. The van der Waals surface area contributed by atoms with Crippen molar-refractivity contribution in [3.05, 3.63) is 351 Å². The summed E-state index contributed by atoms with van der Waals surface area (Å²) in [7, 11) is 0. The third-order valence-corrected chi connectivity index (χ3v) is 18.8. The molecule has 0 radical (unpaired) electrons. The normalized spacial score (nSPS) is 13.5. The first-order chi connectivity index (χ1) is 50.5. The van der Waals surface area contributed by atoms with Gasteiger partial charge in [-0.15, -0.1) is 0 Å². The fraction of sp³-hybridized carbons (Fsp3) is 0.0698. The lowest BCUT2D eigenvalue weighted by Gasteiger charge is -2.06. The molecule has 0 bridgehead atoms. The molecule has 0 saturated heterocycles. The minimum atomic E-state index is 0.751. The number of halogens is 1. The van der Waals surface area contributed by atoms with E-state index >= 15 is 0 Å². The van der Waals surface area contributed by atoms with E-state index in [1.54, 1.807) is 24.8 Å². The molecule has 0 unspecified atom stereocenters. The molecule has 0 fully saturated rings. The number of rotatable bonds is 12. The van der Waals surface area contributed by atoms with Gasteiger partial charge in [0, 0.05) is 97.4 Å². The first-order valence-corrected chi connectivity index (χ1v) is 34.7. The SMILES string of the molecule is Brc1ccccn1.Nc1ccc2c(c1)N=C(c1ccc(C3=Nc4cc(N)ccc4C3)cc1)C2.Nc1ccc2c(c1)N=C(c1ccc(C3=Nc4cc(Nc5ccccn5)ccc4C3)cc1)C2.c1ccc(Nc2ccc3c(c2)N=C(c2ccc(C4=Nc5cc(Nc6ccccn6)ccc5C4)cc2)C3)nc1. The van der Waals surface area contributed by atoms with Crippen molar-refractivity contribution in [2.75, 3.05) is 33.2 Å². The lowest BCUT2D eigenvalue weighted by atomic mass is 9.99. The summed E-state index contributed by atoms with van der Waals surface area (Å²) in [5.41, 5.74) is 49.6. The van der Waals surface area contributed by atoms with Gasteiger partial charge >= 0.3 is 0 Å². The standard InChI is InChI=1S/C32H24N6.C27H21N5.C22H18N4.C5H4BrN/c1-3-15-33-31(5-1)35-25-13-11-23-17-27(37-29(23)19-25)21-7-9-22(10-8-21)28-18-24-12-14-26(20-30(24)38-28)36-32-6-2-4-16-34-32;28-21-10-8-19-13-23(31-25(19)15-21)17-4-6-18(7-5-17)24-14-20-9-11-22(16-26(20)32-24)30-27-3-1-2-12-29-27;23-17-7-5-15-9-19(25-21(15)11-17)13-1-2-14(4-3-13)20-10-16-6-8-18(24)12-22(16)26-20;6-5-3-1-2-4-7-5/h1-16,19-20H,17-18H2,(H,33,35)(H,34,36);1-12,15-16H,13-14,28H2,(H,29,30);1-8,11-12H,9-10,23-24H2;1-4H. The molecule has 0 amide bonds. The summed E-state index contributed by atoms with van der Waals surface area (Å²) in [6, 6.07) is 85.7. The summed E-state index contributed by atoms with van der Waals surface area (Å²) < 4.78 is 0.884. The number of fused-ring (bicyclic) bond motifs is 6. The topological polar surface area (TPSA) is 240 Å². The van der Waals surface area contributed by atoms with Crippen LogP contribution in [0.5, 0.6) is 0 Å².